The van der Waals surface area contributed by atoms with Gasteiger partial charge in [0, 0.05) is 18.6 Å². The van der Waals surface area contributed by atoms with E-state index in [1.54, 1.807) is 0 Å². The molecule has 0 aromatic rings. The van der Waals surface area contributed by atoms with Crippen molar-refractivity contribution in [3.63, 3.8) is 0 Å². The van der Waals surface area contributed by atoms with Crippen LogP contribution < -0.4 is 5.32 Å². The molecular weight excluding hydrogens is 200 g/mol. The molecule has 3 heteroatoms. The van der Waals surface area contributed by atoms with Crippen LogP contribution in [-0.2, 0) is 4.79 Å². The predicted octanol–water partition coefficient (Wildman–Crippen LogP) is 1.53. The highest BCUT2D eigenvalue weighted by atomic mass is 16.2. The topological polar surface area (TPSA) is 32.3 Å². The van der Waals surface area contributed by atoms with Crippen LogP contribution in [0.5, 0.6) is 0 Å². The van der Waals surface area contributed by atoms with Gasteiger partial charge in [-0.3, -0.25) is 4.79 Å². The van der Waals surface area contributed by atoms with Crippen LogP contribution in [0.15, 0.2) is 0 Å². The summed E-state index contributed by atoms with van der Waals surface area (Å²) in [5.74, 6) is 1.09. The number of hydrogen-bond acceptors (Lipinski definition) is 2. The fraction of sp³-hybridized carbons (Fsp3) is 0.923. The molecule has 1 aliphatic heterocycles. The van der Waals surface area contributed by atoms with Crippen LogP contribution in [0.2, 0.25) is 0 Å². The van der Waals surface area contributed by atoms with Crippen molar-refractivity contribution < 1.29 is 4.79 Å². The van der Waals surface area contributed by atoms with Crippen molar-refractivity contribution in [1.29, 1.82) is 0 Å². The Morgan fingerprint density at radius 3 is 2.62 bits per heavy atom. The van der Waals surface area contributed by atoms with Crippen molar-refractivity contribution in [2.75, 3.05) is 6.54 Å². The molecule has 1 N–H and O–H groups in total. The molecule has 0 aromatic carbocycles. The lowest BCUT2D eigenvalue weighted by Gasteiger charge is -2.28. The summed E-state index contributed by atoms with van der Waals surface area (Å²) in [6, 6.07) is 1.33. The van der Waals surface area contributed by atoms with E-state index in [0.29, 0.717) is 23.9 Å². The largest absolute Gasteiger partial charge is 0.338 e. The Bertz CT molecular complexity index is 288. The Morgan fingerprint density at radius 1 is 1.19 bits per heavy atom. The highest BCUT2D eigenvalue weighted by Crippen LogP contribution is 2.32. The molecule has 3 nitrogen and oxygen atoms in total. The zero-order chi connectivity index (χ0) is 11.1. The van der Waals surface area contributed by atoms with Gasteiger partial charge < -0.3 is 10.2 Å². The molecule has 0 aromatic heterocycles. The normalized spacial score (nSPS) is 39.7. The van der Waals surface area contributed by atoms with Gasteiger partial charge in [0.05, 0.1) is 6.04 Å². The van der Waals surface area contributed by atoms with E-state index in [1.807, 2.05) is 0 Å². The van der Waals surface area contributed by atoms with Crippen LogP contribution >= 0.6 is 0 Å². The minimum Gasteiger partial charge on any atom is -0.338 e. The third kappa shape index (κ3) is 1.86. The number of likely N-dealkylation sites (tertiary alicyclic amines) is 1. The van der Waals surface area contributed by atoms with Crippen LogP contribution in [-0.4, -0.2) is 35.5 Å². The van der Waals surface area contributed by atoms with Gasteiger partial charge in [0.2, 0.25) is 5.91 Å². The van der Waals surface area contributed by atoms with Gasteiger partial charge in [-0.05, 0) is 38.0 Å². The Kier molecular flexibility index (Phi) is 2.66. The molecule has 16 heavy (non-hydrogen) atoms. The van der Waals surface area contributed by atoms with E-state index >= 15 is 0 Å². The van der Waals surface area contributed by atoms with E-state index in [4.69, 9.17) is 0 Å². The van der Waals surface area contributed by atoms with Crippen molar-refractivity contribution in [1.82, 2.24) is 10.2 Å². The Morgan fingerprint density at radius 2 is 2.00 bits per heavy atom. The zero-order valence-corrected chi connectivity index (χ0v) is 10.1. The molecule has 0 radical (unpaired) electrons. The average molecular weight is 222 g/mol. The molecule has 3 aliphatic rings. The first-order valence-electron chi connectivity index (χ1n) is 6.82. The molecule has 1 amide bonds. The summed E-state index contributed by atoms with van der Waals surface area (Å²) in [6.45, 7) is 3.28. The smallest absolute Gasteiger partial charge is 0.240 e. The summed E-state index contributed by atoms with van der Waals surface area (Å²) in [5, 5.41) is 3.48. The molecule has 2 saturated carbocycles. The maximum Gasteiger partial charge on any atom is 0.240 e. The minimum atomic E-state index is 0.139. The third-order valence-electron chi connectivity index (χ3n) is 4.47. The summed E-state index contributed by atoms with van der Waals surface area (Å²) in [5.41, 5.74) is 0. The van der Waals surface area contributed by atoms with E-state index < -0.39 is 0 Å². The summed E-state index contributed by atoms with van der Waals surface area (Å²) in [7, 11) is 0. The fourth-order valence-electron chi connectivity index (χ4n) is 3.31. The van der Waals surface area contributed by atoms with Crippen molar-refractivity contribution in [2.45, 2.75) is 63.6 Å². The van der Waals surface area contributed by atoms with E-state index in [-0.39, 0.29) is 6.04 Å². The average Bonchev–Trinajstić information content (AvgIpc) is 2.88. The van der Waals surface area contributed by atoms with Crippen LogP contribution in [0, 0.1) is 5.92 Å². The van der Waals surface area contributed by atoms with E-state index in [2.05, 4.69) is 17.1 Å². The molecule has 1 heterocycles. The molecule has 3 unspecified atom stereocenters. The second-order valence-electron chi connectivity index (χ2n) is 5.79. The number of nitrogens with one attached hydrogen (secondary N) is 1. The number of carbonyl (C=O) groups is 1. The third-order valence-corrected chi connectivity index (χ3v) is 4.47. The van der Waals surface area contributed by atoms with Crippen molar-refractivity contribution >= 4 is 5.91 Å². The predicted molar refractivity (Wildman–Crippen MR) is 63.1 cm³/mol. The van der Waals surface area contributed by atoms with Gasteiger partial charge in [-0.15, -0.1) is 0 Å². The summed E-state index contributed by atoms with van der Waals surface area (Å²) < 4.78 is 0. The highest BCUT2D eigenvalue weighted by Gasteiger charge is 2.40. The maximum absolute atomic E-state index is 12.3. The van der Waals surface area contributed by atoms with Crippen LogP contribution in [0.25, 0.3) is 0 Å². The first kappa shape index (κ1) is 10.6. The molecule has 3 rings (SSSR count). The second kappa shape index (κ2) is 4.02. The van der Waals surface area contributed by atoms with Crippen molar-refractivity contribution in [3.05, 3.63) is 0 Å². The van der Waals surface area contributed by atoms with E-state index in [0.717, 1.165) is 13.0 Å². The molecule has 3 fully saturated rings. The lowest BCUT2D eigenvalue weighted by Crippen LogP contribution is -2.44. The van der Waals surface area contributed by atoms with E-state index in [1.165, 1.54) is 32.1 Å². The summed E-state index contributed by atoms with van der Waals surface area (Å²) in [4.78, 5) is 14.4. The number of rotatable bonds is 3. The molecule has 2 aliphatic carbocycles. The highest BCUT2D eigenvalue weighted by molar-refractivity contribution is 5.84. The minimum absolute atomic E-state index is 0.139. The van der Waals surface area contributed by atoms with Gasteiger partial charge in [-0.2, -0.15) is 0 Å². The number of amides is 1. The van der Waals surface area contributed by atoms with Gasteiger partial charge in [0.1, 0.15) is 0 Å². The monoisotopic (exact) mass is 222 g/mol. The van der Waals surface area contributed by atoms with Gasteiger partial charge in [-0.1, -0.05) is 13.3 Å². The molecule has 1 saturated heterocycles. The van der Waals surface area contributed by atoms with Crippen molar-refractivity contribution in [3.8, 4) is 0 Å². The lowest BCUT2D eigenvalue weighted by molar-refractivity contribution is -0.132. The summed E-state index contributed by atoms with van der Waals surface area (Å²) in [6.07, 6.45) is 7.39. The summed E-state index contributed by atoms with van der Waals surface area (Å²) >= 11 is 0. The standard InChI is InChI=1S/C13H22N2O/c1-9-3-2-4-12(9)15-8-7-11(13(15)16)14-10-5-6-10/h9-12,14H,2-8H2,1H3. The number of carbonyl (C=O) groups excluding carboxylic acids is 1. The molecule has 0 bridgehead atoms. The Balaban J connectivity index is 1.62. The van der Waals surface area contributed by atoms with Crippen molar-refractivity contribution in [2.24, 2.45) is 5.92 Å². The molecule has 90 valence electrons. The van der Waals surface area contributed by atoms with Crippen LogP contribution in [0.3, 0.4) is 0 Å². The Labute approximate surface area is 97.6 Å². The van der Waals surface area contributed by atoms with Gasteiger partial charge in [0.25, 0.3) is 0 Å². The number of nitrogens with zero attached hydrogens (tertiary/aromatic N) is 1. The Hall–Kier alpha value is -0.570. The van der Waals surface area contributed by atoms with E-state index in [9.17, 15) is 4.79 Å². The first-order chi connectivity index (χ1) is 7.75. The van der Waals surface area contributed by atoms with Crippen LogP contribution in [0.1, 0.15) is 45.4 Å². The maximum atomic E-state index is 12.3. The SMILES string of the molecule is CC1CCCC1N1CCC(NC2CC2)C1=O. The molecule has 0 spiro atoms. The molecule has 3 atom stereocenters. The molecular formula is C13H22N2O. The zero-order valence-electron chi connectivity index (χ0n) is 10.1. The number of hydrogen-bond donors (Lipinski definition) is 1. The first-order valence-corrected chi connectivity index (χ1v) is 6.82. The van der Waals surface area contributed by atoms with Gasteiger partial charge in [-0.25, -0.2) is 0 Å². The van der Waals surface area contributed by atoms with Gasteiger partial charge >= 0.3 is 0 Å². The quantitative estimate of drug-likeness (QED) is 0.785. The fourth-order valence-corrected chi connectivity index (χ4v) is 3.31. The lowest BCUT2D eigenvalue weighted by atomic mass is 10.1. The van der Waals surface area contributed by atoms with Gasteiger partial charge in [0.15, 0.2) is 0 Å². The van der Waals surface area contributed by atoms with Crippen LogP contribution in [0.4, 0.5) is 0 Å². The second-order valence-corrected chi connectivity index (χ2v) is 5.79.